The van der Waals surface area contributed by atoms with Crippen molar-refractivity contribution in [2.45, 2.75) is 6.92 Å². The van der Waals surface area contributed by atoms with Crippen molar-refractivity contribution in [3.05, 3.63) is 46.8 Å². The molecule has 2 rings (SSSR count). The quantitative estimate of drug-likeness (QED) is 0.443. The Morgan fingerprint density at radius 2 is 1.85 bits per heavy atom. The molecule has 0 spiro atoms. The fraction of sp³-hybridized carbons (Fsp3) is 0.154. The number of azide groups is 1. The van der Waals surface area contributed by atoms with Gasteiger partial charge < -0.3 is 4.74 Å². The fourth-order valence-corrected chi connectivity index (χ4v) is 1.65. The van der Waals surface area contributed by atoms with E-state index in [0.29, 0.717) is 11.4 Å². The van der Waals surface area contributed by atoms with Crippen LogP contribution < -0.4 is 0 Å². The predicted molar refractivity (Wildman–Crippen MR) is 74.3 cm³/mol. The topological polar surface area (TPSA) is 99.8 Å². The van der Waals surface area contributed by atoms with E-state index >= 15 is 0 Å². The van der Waals surface area contributed by atoms with Crippen molar-refractivity contribution in [3.63, 3.8) is 0 Å². The molecule has 0 aromatic heterocycles. The summed E-state index contributed by atoms with van der Waals surface area (Å²) in [5.41, 5.74) is 9.47. The van der Waals surface area contributed by atoms with Crippen LogP contribution in [0.4, 0.5) is 16.2 Å². The molecule has 0 heterocycles. The van der Waals surface area contributed by atoms with Crippen molar-refractivity contribution in [2.75, 3.05) is 6.61 Å². The maximum absolute atomic E-state index is 11.1. The summed E-state index contributed by atoms with van der Waals surface area (Å²) in [7, 11) is 0. The van der Waals surface area contributed by atoms with Crippen LogP contribution in [0.2, 0.25) is 0 Å². The molecule has 7 nitrogen and oxygen atoms in total. The van der Waals surface area contributed by atoms with Gasteiger partial charge in [0.15, 0.2) is 0 Å². The maximum atomic E-state index is 11.1. The summed E-state index contributed by atoms with van der Waals surface area (Å²) in [4.78, 5) is 13.8. The number of benzene rings is 2. The Morgan fingerprint density at radius 3 is 2.50 bits per heavy atom. The first-order valence-corrected chi connectivity index (χ1v) is 5.90. The number of rotatable bonds is 3. The molecule has 0 aliphatic rings. The Bertz CT molecular complexity index is 720. The molecule has 0 saturated heterocycles. The van der Waals surface area contributed by atoms with E-state index in [1.165, 1.54) is 0 Å². The second kappa shape index (κ2) is 6.31. The molecule has 0 unspecified atom stereocenters. The zero-order valence-corrected chi connectivity index (χ0v) is 10.7. The molecule has 1 amide bonds. The molecule has 0 aliphatic heterocycles. The van der Waals surface area contributed by atoms with Gasteiger partial charge in [0.2, 0.25) is 0 Å². The number of nitrogens with zero attached hydrogens (tertiary/aromatic N) is 5. The average molecular weight is 269 g/mol. The lowest BCUT2D eigenvalue weighted by Gasteiger charge is -2.00. The highest BCUT2D eigenvalue weighted by atomic mass is 16.5. The van der Waals surface area contributed by atoms with Crippen LogP contribution in [0.25, 0.3) is 21.2 Å². The largest absolute Gasteiger partial charge is 0.452 e. The normalized spacial score (nSPS) is 10.4. The van der Waals surface area contributed by atoms with Gasteiger partial charge in [0, 0.05) is 10.6 Å². The van der Waals surface area contributed by atoms with Gasteiger partial charge in [0.05, 0.1) is 12.3 Å². The first kappa shape index (κ1) is 13.5. The van der Waals surface area contributed by atoms with Crippen molar-refractivity contribution >= 4 is 28.2 Å². The summed E-state index contributed by atoms with van der Waals surface area (Å²) >= 11 is 0. The van der Waals surface area contributed by atoms with E-state index < -0.39 is 6.09 Å². The number of fused-ring (bicyclic) bond motifs is 1. The van der Waals surface area contributed by atoms with Gasteiger partial charge in [0.1, 0.15) is 0 Å². The number of carbonyl (C=O) groups is 1. The van der Waals surface area contributed by atoms with Gasteiger partial charge >= 0.3 is 6.09 Å². The van der Waals surface area contributed by atoms with Crippen molar-refractivity contribution < 1.29 is 9.53 Å². The third-order valence-electron chi connectivity index (χ3n) is 2.48. The van der Waals surface area contributed by atoms with E-state index in [9.17, 15) is 4.79 Å². The van der Waals surface area contributed by atoms with Gasteiger partial charge in [0.25, 0.3) is 0 Å². The van der Waals surface area contributed by atoms with Crippen LogP contribution in [0.15, 0.2) is 51.7 Å². The molecule has 0 radical (unpaired) electrons. The van der Waals surface area contributed by atoms with E-state index in [4.69, 9.17) is 5.53 Å². The second-order valence-electron chi connectivity index (χ2n) is 3.80. The van der Waals surface area contributed by atoms with Gasteiger partial charge in [-0.05, 0) is 41.4 Å². The van der Waals surface area contributed by atoms with Crippen molar-refractivity contribution in [2.24, 2.45) is 15.3 Å². The van der Waals surface area contributed by atoms with Crippen LogP contribution in [0, 0.1) is 0 Å². The molecule has 2 aromatic carbocycles. The van der Waals surface area contributed by atoms with Gasteiger partial charge in [-0.15, -0.1) is 5.11 Å². The van der Waals surface area contributed by atoms with Crippen LogP contribution >= 0.6 is 0 Å². The molecule has 0 N–H and O–H groups in total. The summed E-state index contributed by atoms with van der Waals surface area (Å²) in [6.07, 6.45) is -0.716. The smallest absolute Gasteiger partial charge is 0.447 e. The minimum atomic E-state index is -0.716. The molecule has 0 atom stereocenters. The number of azo groups is 1. The Hall–Kier alpha value is -2.92. The molecule has 7 heteroatoms. The predicted octanol–water partition coefficient (Wildman–Crippen LogP) is 5.02. The Labute approximate surface area is 114 Å². The summed E-state index contributed by atoms with van der Waals surface area (Å²) < 4.78 is 4.65. The third kappa shape index (κ3) is 3.30. The Morgan fingerprint density at radius 1 is 1.20 bits per heavy atom. The number of ether oxygens (including phenoxy) is 1. The van der Waals surface area contributed by atoms with E-state index in [1.54, 1.807) is 31.2 Å². The van der Waals surface area contributed by atoms with Crippen LogP contribution in [0.3, 0.4) is 0 Å². The minimum Gasteiger partial charge on any atom is -0.447 e. The molecule has 20 heavy (non-hydrogen) atoms. The average Bonchev–Trinajstić information content (AvgIpc) is 2.46. The highest BCUT2D eigenvalue weighted by Crippen LogP contribution is 2.25. The molecule has 0 fully saturated rings. The van der Waals surface area contributed by atoms with Gasteiger partial charge in [-0.1, -0.05) is 28.4 Å². The summed E-state index contributed by atoms with van der Waals surface area (Å²) in [6.45, 7) is 1.96. The molecule has 0 aliphatic carbocycles. The summed E-state index contributed by atoms with van der Waals surface area (Å²) in [5.74, 6) is 0. The van der Waals surface area contributed by atoms with Gasteiger partial charge in [-0.2, -0.15) is 0 Å². The molecule has 0 saturated carbocycles. The van der Waals surface area contributed by atoms with Crippen molar-refractivity contribution in [3.8, 4) is 0 Å². The van der Waals surface area contributed by atoms with E-state index in [1.807, 2.05) is 12.1 Å². The SMILES string of the molecule is CCOC(=O)N=Nc1ccc2cc(N=[N+]=[N-])ccc2c1. The number of carbonyl (C=O) groups excluding carboxylic acids is 1. The van der Waals surface area contributed by atoms with Crippen molar-refractivity contribution in [1.82, 2.24) is 0 Å². The lowest BCUT2D eigenvalue weighted by molar-refractivity contribution is 0.162. The zero-order valence-electron chi connectivity index (χ0n) is 10.7. The highest BCUT2D eigenvalue weighted by Gasteiger charge is 1.99. The molecular weight excluding hydrogens is 258 g/mol. The minimum absolute atomic E-state index is 0.262. The summed E-state index contributed by atoms with van der Waals surface area (Å²) in [5, 5.41) is 12.6. The molecular formula is C13H11N5O2. The van der Waals surface area contributed by atoms with Gasteiger partial charge in [-0.3, -0.25) is 0 Å². The Kier molecular flexibility index (Phi) is 4.26. The zero-order chi connectivity index (χ0) is 14.4. The molecule has 100 valence electrons. The van der Waals surface area contributed by atoms with Crippen LogP contribution in [-0.2, 0) is 4.74 Å². The highest BCUT2D eigenvalue weighted by molar-refractivity contribution is 5.87. The van der Waals surface area contributed by atoms with E-state index in [0.717, 1.165) is 10.8 Å². The molecule has 2 aromatic rings. The Balaban J connectivity index is 2.28. The lowest BCUT2D eigenvalue weighted by atomic mass is 10.1. The van der Waals surface area contributed by atoms with E-state index in [-0.39, 0.29) is 6.61 Å². The van der Waals surface area contributed by atoms with Crippen LogP contribution in [0.1, 0.15) is 6.92 Å². The lowest BCUT2D eigenvalue weighted by Crippen LogP contribution is -1.95. The van der Waals surface area contributed by atoms with Crippen LogP contribution in [0.5, 0.6) is 0 Å². The second-order valence-corrected chi connectivity index (χ2v) is 3.80. The van der Waals surface area contributed by atoms with Gasteiger partial charge in [-0.25, -0.2) is 4.79 Å². The molecule has 0 bridgehead atoms. The van der Waals surface area contributed by atoms with Crippen molar-refractivity contribution in [1.29, 1.82) is 0 Å². The maximum Gasteiger partial charge on any atom is 0.452 e. The first-order valence-electron chi connectivity index (χ1n) is 5.90. The number of amides is 1. The summed E-state index contributed by atoms with van der Waals surface area (Å²) in [6, 6.07) is 10.6. The first-order chi connectivity index (χ1) is 9.72. The standard InChI is InChI=1S/C13H11N5O2/c1-2-20-13(19)17-15-11-5-3-10-8-12(16-18-14)6-4-9(10)7-11/h3-8H,2H2,1H3. The fourth-order valence-electron chi connectivity index (χ4n) is 1.65. The number of hydrogen-bond donors (Lipinski definition) is 0. The number of hydrogen-bond acceptors (Lipinski definition) is 4. The monoisotopic (exact) mass is 269 g/mol. The van der Waals surface area contributed by atoms with E-state index in [2.05, 4.69) is 25.0 Å². The third-order valence-corrected chi connectivity index (χ3v) is 2.48. The van der Waals surface area contributed by atoms with Crippen LogP contribution in [-0.4, -0.2) is 12.7 Å².